The molecule has 4 nitrogen and oxygen atoms in total. The smallest absolute Gasteiger partial charge is 0.305 e. The number of ether oxygens (including phenoxy) is 1. The lowest BCUT2D eigenvalue weighted by Crippen LogP contribution is -2.07. The third kappa shape index (κ3) is 10.0. The Hall–Kier alpha value is -2.10. The highest BCUT2D eigenvalue weighted by Gasteiger charge is 2.09. The van der Waals surface area contributed by atoms with Gasteiger partial charge in [-0.25, -0.2) is 0 Å². The van der Waals surface area contributed by atoms with Crippen LogP contribution in [0.4, 0.5) is 5.69 Å². The van der Waals surface area contributed by atoms with E-state index >= 15 is 0 Å². The number of Topliss-reactive ketones (excluding diaryl/α,β-unsaturated/α-hetero) is 1. The number of methoxy groups -OCH3 is 1. The topological polar surface area (TPSA) is 55.4 Å². The number of ketones is 1. The van der Waals surface area contributed by atoms with Crippen LogP contribution in [-0.4, -0.2) is 25.4 Å². The van der Waals surface area contributed by atoms with Crippen molar-refractivity contribution >= 4 is 17.4 Å². The predicted octanol–water partition coefficient (Wildman–Crippen LogP) is 5.54. The van der Waals surface area contributed by atoms with Crippen molar-refractivity contribution in [1.82, 2.24) is 0 Å². The van der Waals surface area contributed by atoms with Crippen molar-refractivity contribution < 1.29 is 14.3 Å². The number of anilines is 1. The van der Waals surface area contributed by atoms with Crippen LogP contribution >= 0.6 is 0 Å². The van der Waals surface area contributed by atoms with Gasteiger partial charge in [0.25, 0.3) is 0 Å². The molecule has 0 unspecified atom stereocenters. The number of carbonyl (C=O) groups excluding carboxylic acids is 2. The number of nitrogens with one attached hydrogen (secondary N) is 1. The lowest BCUT2D eigenvalue weighted by molar-refractivity contribution is -0.140. The molecule has 4 heteroatoms. The Morgan fingerprint density at radius 2 is 1.73 bits per heavy atom. The van der Waals surface area contributed by atoms with Gasteiger partial charge >= 0.3 is 5.97 Å². The van der Waals surface area contributed by atoms with E-state index in [2.05, 4.69) is 16.6 Å². The summed E-state index contributed by atoms with van der Waals surface area (Å²) in [6.07, 6.45) is 12.3. The van der Waals surface area contributed by atoms with Crippen LogP contribution in [0.2, 0.25) is 0 Å². The van der Waals surface area contributed by atoms with Gasteiger partial charge in [0.1, 0.15) is 0 Å². The molecule has 0 bridgehead atoms. The van der Waals surface area contributed by atoms with E-state index in [4.69, 9.17) is 0 Å². The van der Waals surface area contributed by atoms with E-state index in [0.29, 0.717) is 5.56 Å². The van der Waals surface area contributed by atoms with Crippen LogP contribution in [-0.2, 0) is 9.53 Å². The summed E-state index contributed by atoms with van der Waals surface area (Å²) in [5, 5.41) is 3.38. The van der Waals surface area contributed by atoms with Gasteiger partial charge in [0, 0.05) is 24.2 Å². The Kier molecular flexibility index (Phi) is 11.9. The van der Waals surface area contributed by atoms with Crippen molar-refractivity contribution in [3.8, 4) is 0 Å². The third-order valence-electron chi connectivity index (χ3n) is 4.38. The molecule has 0 saturated heterocycles. The minimum absolute atomic E-state index is 0.0319. The van der Waals surface area contributed by atoms with Crippen molar-refractivity contribution in [3.63, 3.8) is 0 Å². The number of benzene rings is 1. The molecule has 1 rings (SSSR count). The molecule has 0 aromatic heterocycles. The lowest BCUT2D eigenvalue weighted by Gasteiger charge is -2.08. The summed E-state index contributed by atoms with van der Waals surface area (Å²) in [5.74, 6) is -0.385. The number of hydrogen-bond donors (Lipinski definition) is 1. The van der Waals surface area contributed by atoms with Gasteiger partial charge in [-0.15, -0.1) is 6.58 Å². The van der Waals surface area contributed by atoms with E-state index in [1.807, 2.05) is 24.3 Å². The summed E-state index contributed by atoms with van der Waals surface area (Å²) in [7, 11) is 1.33. The number of allylic oxidation sites excluding steroid dienone is 1. The number of carbonyl (C=O) groups is 2. The molecule has 0 aliphatic carbocycles. The summed E-state index contributed by atoms with van der Waals surface area (Å²) >= 11 is 0. The number of rotatable bonds is 15. The van der Waals surface area contributed by atoms with E-state index in [0.717, 1.165) is 25.1 Å². The number of esters is 1. The molecule has 0 atom stereocenters. The van der Waals surface area contributed by atoms with Gasteiger partial charge in [0.2, 0.25) is 0 Å². The average Bonchev–Trinajstić information content (AvgIpc) is 2.67. The van der Waals surface area contributed by atoms with Crippen LogP contribution in [0, 0.1) is 0 Å². The van der Waals surface area contributed by atoms with Crippen molar-refractivity contribution in [1.29, 1.82) is 0 Å². The molecule has 0 aliphatic rings. The molecule has 0 amide bonds. The largest absolute Gasteiger partial charge is 0.469 e. The summed E-state index contributed by atoms with van der Waals surface area (Å²) in [4.78, 5) is 23.3. The SMILES string of the molecule is C=CCCCCCCCCCNc1cccc(C(=O)CCC(=O)OC)c1. The minimum Gasteiger partial charge on any atom is -0.469 e. The summed E-state index contributed by atoms with van der Waals surface area (Å²) in [5.41, 5.74) is 1.59. The normalized spacial score (nSPS) is 10.3. The monoisotopic (exact) mass is 359 g/mol. The zero-order chi connectivity index (χ0) is 19.0. The first-order valence-corrected chi connectivity index (χ1v) is 9.72. The molecular weight excluding hydrogens is 326 g/mol. The summed E-state index contributed by atoms with van der Waals surface area (Å²) in [6.45, 7) is 4.66. The molecular formula is C22H33NO3. The van der Waals surface area contributed by atoms with Crippen LogP contribution in [0.5, 0.6) is 0 Å². The average molecular weight is 360 g/mol. The maximum Gasteiger partial charge on any atom is 0.305 e. The summed E-state index contributed by atoms with van der Waals surface area (Å²) < 4.78 is 4.57. The fourth-order valence-corrected chi connectivity index (χ4v) is 2.79. The maximum absolute atomic E-state index is 12.1. The standard InChI is InChI=1S/C22H33NO3/c1-3-4-5-6-7-8-9-10-11-17-23-20-14-12-13-19(18-20)21(24)15-16-22(25)26-2/h3,12-14,18,23H,1,4-11,15-17H2,2H3. The van der Waals surface area contributed by atoms with Crippen LogP contribution in [0.15, 0.2) is 36.9 Å². The highest BCUT2D eigenvalue weighted by molar-refractivity contribution is 5.98. The van der Waals surface area contributed by atoms with E-state index in [1.165, 1.54) is 45.6 Å². The molecule has 1 N–H and O–H groups in total. The Labute approximate surface area is 158 Å². The summed E-state index contributed by atoms with van der Waals surface area (Å²) in [6, 6.07) is 7.49. The van der Waals surface area contributed by atoms with Crippen molar-refractivity contribution in [2.75, 3.05) is 19.0 Å². The Balaban J connectivity index is 2.18. The first kappa shape index (κ1) is 21.9. The fraction of sp³-hybridized carbons (Fsp3) is 0.545. The van der Waals surface area contributed by atoms with Crippen LogP contribution < -0.4 is 5.32 Å². The van der Waals surface area contributed by atoms with Gasteiger partial charge in [-0.2, -0.15) is 0 Å². The maximum atomic E-state index is 12.1. The van der Waals surface area contributed by atoms with Crippen LogP contribution in [0.1, 0.15) is 74.6 Å². The zero-order valence-corrected chi connectivity index (χ0v) is 16.1. The first-order chi connectivity index (χ1) is 12.7. The van der Waals surface area contributed by atoms with Gasteiger partial charge in [-0.3, -0.25) is 9.59 Å². The van der Waals surface area contributed by atoms with Gasteiger partial charge in [0.15, 0.2) is 5.78 Å². The molecule has 26 heavy (non-hydrogen) atoms. The number of unbranched alkanes of at least 4 members (excludes halogenated alkanes) is 7. The second kappa shape index (κ2) is 14.1. The molecule has 1 aromatic carbocycles. The van der Waals surface area contributed by atoms with Crippen LogP contribution in [0.3, 0.4) is 0 Å². The van der Waals surface area contributed by atoms with E-state index in [-0.39, 0.29) is 24.6 Å². The Morgan fingerprint density at radius 1 is 1.04 bits per heavy atom. The minimum atomic E-state index is -0.353. The first-order valence-electron chi connectivity index (χ1n) is 9.72. The Bertz CT molecular complexity index is 554. The van der Waals surface area contributed by atoms with E-state index in [9.17, 15) is 9.59 Å². The van der Waals surface area contributed by atoms with Crippen molar-refractivity contribution in [3.05, 3.63) is 42.5 Å². The van der Waals surface area contributed by atoms with Gasteiger partial charge < -0.3 is 10.1 Å². The molecule has 0 fully saturated rings. The van der Waals surface area contributed by atoms with Crippen LogP contribution in [0.25, 0.3) is 0 Å². The second-order valence-corrected chi connectivity index (χ2v) is 6.56. The third-order valence-corrected chi connectivity index (χ3v) is 4.38. The molecule has 0 radical (unpaired) electrons. The Morgan fingerprint density at radius 3 is 2.42 bits per heavy atom. The zero-order valence-electron chi connectivity index (χ0n) is 16.1. The number of hydrogen-bond acceptors (Lipinski definition) is 4. The molecule has 144 valence electrons. The van der Waals surface area contributed by atoms with E-state index in [1.54, 1.807) is 6.07 Å². The van der Waals surface area contributed by atoms with Crippen molar-refractivity contribution in [2.24, 2.45) is 0 Å². The second-order valence-electron chi connectivity index (χ2n) is 6.56. The van der Waals surface area contributed by atoms with E-state index < -0.39 is 0 Å². The van der Waals surface area contributed by atoms with Gasteiger partial charge in [-0.05, 0) is 31.4 Å². The highest BCUT2D eigenvalue weighted by atomic mass is 16.5. The predicted molar refractivity (Wildman–Crippen MR) is 108 cm³/mol. The fourth-order valence-electron chi connectivity index (χ4n) is 2.79. The molecule has 0 spiro atoms. The van der Waals surface area contributed by atoms with Gasteiger partial charge in [0.05, 0.1) is 13.5 Å². The van der Waals surface area contributed by atoms with Crippen molar-refractivity contribution in [2.45, 2.75) is 64.2 Å². The molecule has 0 aliphatic heterocycles. The molecule has 0 heterocycles. The molecule has 1 aromatic rings. The quantitative estimate of drug-likeness (QED) is 0.193. The molecule has 0 saturated carbocycles. The lowest BCUT2D eigenvalue weighted by atomic mass is 10.1. The van der Waals surface area contributed by atoms with Gasteiger partial charge in [-0.1, -0.05) is 50.3 Å². The highest BCUT2D eigenvalue weighted by Crippen LogP contribution is 2.14.